The number of nitro benzene ring substituents is 1. The molecule has 2 aromatic carbocycles. The van der Waals surface area contributed by atoms with Gasteiger partial charge >= 0.3 is 0 Å². The van der Waals surface area contributed by atoms with Crippen molar-refractivity contribution in [1.82, 2.24) is 16.0 Å². The average Bonchev–Trinajstić information content (AvgIpc) is 2.85. The molecule has 2 aromatic rings. The minimum Gasteiger partial charge on any atom is -0.368 e. The summed E-state index contributed by atoms with van der Waals surface area (Å²) in [6.07, 6.45) is 3.21. The summed E-state index contributed by atoms with van der Waals surface area (Å²) in [6.45, 7) is 3.37. The van der Waals surface area contributed by atoms with E-state index in [4.69, 9.17) is 5.73 Å². The highest BCUT2D eigenvalue weighted by molar-refractivity contribution is 5.96. The average molecular weight is 510 g/mol. The molecule has 0 aliphatic rings. The molecule has 0 unspecified atom stereocenters. The molecule has 0 aliphatic carbocycles. The molecule has 0 fully saturated rings. The number of nitrogens with zero attached hydrogens (tertiary/aromatic N) is 1. The van der Waals surface area contributed by atoms with Crippen LogP contribution < -0.4 is 21.7 Å². The van der Waals surface area contributed by atoms with E-state index >= 15 is 0 Å². The van der Waals surface area contributed by atoms with Crippen molar-refractivity contribution in [2.45, 2.75) is 38.8 Å². The quantitative estimate of drug-likeness (QED) is 0.181. The first kappa shape index (κ1) is 28.7. The summed E-state index contributed by atoms with van der Waals surface area (Å²) in [6, 6.07) is 12.8. The summed E-state index contributed by atoms with van der Waals surface area (Å²) in [5.74, 6) is -2.28. The smallest absolute Gasteiger partial charge is 0.269 e. The van der Waals surface area contributed by atoms with E-state index in [1.54, 1.807) is 24.3 Å². The molecule has 37 heavy (non-hydrogen) atoms. The van der Waals surface area contributed by atoms with Crippen LogP contribution in [0.15, 0.2) is 60.7 Å². The molecule has 0 saturated heterocycles. The Balaban J connectivity index is 2.03. The Morgan fingerprint density at radius 2 is 1.62 bits per heavy atom. The second kappa shape index (κ2) is 14.1. The van der Waals surface area contributed by atoms with Crippen LogP contribution in [0.4, 0.5) is 5.69 Å². The second-order valence-corrected chi connectivity index (χ2v) is 8.80. The molecule has 0 spiro atoms. The van der Waals surface area contributed by atoms with E-state index in [-0.39, 0.29) is 18.0 Å². The van der Waals surface area contributed by atoms with Crippen LogP contribution in [0.1, 0.15) is 31.4 Å². The predicted molar refractivity (Wildman–Crippen MR) is 138 cm³/mol. The number of hydrogen-bond donors (Lipinski definition) is 4. The summed E-state index contributed by atoms with van der Waals surface area (Å²) >= 11 is 0. The number of primary amides is 1. The Bertz CT molecular complexity index is 1130. The third kappa shape index (κ3) is 10.3. The highest BCUT2D eigenvalue weighted by Gasteiger charge is 2.23. The first-order valence-electron chi connectivity index (χ1n) is 11.7. The molecule has 2 rings (SSSR count). The fourth-order valence-corrected chi connectivity index (χ4v) is 3.41. The molecule has 196 valence electrons. The van der Waals surface area contributed by atoms with Crippen molar-refractivity contribution in [2.75, 3.05) is 6.54 Å². The van der Waals surface area contributed by atoms with Crippen molar-refractivity contribution in [1.29, 1.82) is 0 Å². The number of carbonyl (C=O) groups is 4. The van der Waals surface area contributed by atoms with Gasteiger partial charge in [-0.1, -0.05) is 44.2 Å². The van der Waals surface area contributed by atoms with Crippen molar-refractivity contribution in [3.8, 4) is 0 Å². The number of benzene rings is 2. The summed E-state index contributed by atoms with van der Waals surface area (Å²) in [5, 5.41) is 18.4. The van der Waals surface area contributed by atoms with E-state index in [1.165, 1.54) is 36.4 Å². The standard InChI is InChI=1S/C26H31N5O6/c1-17(2)14-21(25(27)34)29-24(33)16-28-26(35)22(15-19-6-4-3-5-7-19)30-23(32)13-10-18-8-11-20(12-9-18)31(36)37/h3-13,17,21-22H,14-16H2,1-2H3,(H2,27,34)(H,28,35)(H,29,33)(H,30,32)/b13-10+/t21-,22-/m0/s1. The molecule has 0 bridgehead atoms. The third-order valence-electron chi connectivity index (χ3n) is 5.26. The van der Waals surface area contributed by atoms with E-state index in [0.29, 0.717) is 12.0 Å². The van der Waals surface area contributed by atoms with Crippen LogP contribution in [0.2, 0.25) is 0 Å². The monoisotopic (exact) mass is 509 g/mol. The van der Waals surface area contributed by atoms with E-state index < -0.39 is 47.2 Å². The van der Waals surface area contributed by atoms with Gasteiger partial charge in [0.2, 0.25) is 23.6 Å². The molecular formula is C26H31N5O6. The zero-order chi connectivity index (χ0) is 27.4. The molecule has 0 saturated carbocycles. The largest absolute Gasteiger partial charge is 0.368 e. The fraction of sp³-hybridized carbons (Fsp3) is 0.308. The Kier molecular flexibility index (Phi) is 11.0. The first-order valence-corrected chi connectivity index (χ1v) is 11.7. The highest BCUT2D eigenvalue weighted by Crippen LogP contribution is 2.13. The van der Waals surface area contributed by atoms with Gasteiger partial charge < -0.3 is 21.7 Å². The van der Waals surface area contributed by atoms with Crippen molar-refractivity contribution >= 4 is 35.4 Å². The van der Waals surface area contributed by atoms with Crippen molar-refractivity contribution in [2.24, 2.45) is 11.7 Å². The topological polar surface area (TPSA) is 174 Å². The van der Waals surface area contributed by atoms with Gasteiger partial charge in [-0.25, -0.2) is 0 Å². The zero-order valence-electron chi connectivity index (χ0n) is 20.7. The second-order valence-electron chi connectivity index (χ2n) is 8.80. The number of hydrogen-bond acceptors (Lipinski definition) is 6. The summed E-state index contributed by atoms with van der Waals surface area (Å²) < 4.78 is 0. The van der Waals surface area contributed by atoms with E-state index in [9.17, 15) is 29.3 Å². The molecule has 11 heteroatoms. The minimum absolute atomic E-state index is 0.0726. The van der Waals surface area contributed by atoms with Gasteiger partial charge in [-0.2, -0.15) is 0 Å². The van der Waals surface area contributed by atoms with Crippen LogP contribution in [0.3, 0.4) is 0 Å². The van der Waals surface area contributed by atoms with Gasteiger partial charge in [0, 0.05) is 24.6 Å². The number of nitrogens with one attached hydrogen (secondary N) is 3. The van der Waals surface area contributed by atoms with Crippen LogP contribution in [0.5, 0.6) is 0 Å². The van der Waals surface area contributed by atoms with E-state index in [0.717, 1.165) is 5.56 Å². The summed E-state index contributed by atoms with van der Waals surface area (Å²) in [5.41, 5.74) is 6.62. The normalized spacial score (nSPS) is 12.5. The number of non-ortho nitro benzene ring substituents is 1. The van der Waals surface area contributed by atoms with Crippen LogP contribution >= 0.6 is 0 Å². The molecule has 0 radical (unpaired) electrons. The van der Waals surface area contributed by atoms with Gasteiger partial charge in [0.15, 0.2) is 0 Å². The Morgan fingerprint density at radius 3 is 2.19 bits per heavy atom. The van der Waals surface area contributed by atoms with Crippen molar-refractivity contribution in [3.63, 3.8) is 0 Å². The minimum atomic E-state index is -0.994. The molecule has 0 aliphatic heterocycles. The SMILES string of the molecule is CC(C)C[C@H](NC(=O)CNC(=O)[C@H](Cc1ccccc1)NC(=O)/C=C/c1ccc([N+](=O)[O-])cc1)C(N)=O. The van der Waals surface area contributed by atoms with E-state index in [1.807, 2.05) is 19.9 Å². The van der Waals surface area contributed by atoms with E-state index in [2.05, 4.69) is 16.0 Å². The van der Waals surface area contributed by atoms with Gasteiger partial charge in [-0.15, -0.1) is 0 Å². The molecule has 5 N–H and O–H groups in total. The molecule has 2 atom stereocenters. The highest BCUT2D eigenvalue weighted by atomic mass is 16.6. The summed E-state index contributed by atoms with van der Waals surface area (Å²) in [4.78, 5) is 59.6. The lowest BCUT2D eigenvalue weighted by Gasteiger charge is -2.20. The van der Waals surface area contributed by atoms with Gasteiger partial charge in [-0.05, 0) is 41.7 Å². The maximum atomic E-state index is 12.9. The maximum Gasteiger partial charge on any atom is 0.269 e. The fourth-order valence-electron chi connectivity index (χ4n) is 3.41. The third-order valence-corrected chi connectivity index (χ3v) is 5.26. The first-order chi connectivity index (χ1) is 17.5. The lowest BCUT2D eigenvalue weighted by atomic mass is 10.0. The zero-order valence-corrected chi connectivity index (χ0v) is 20.7. The number of carbonyl (C=O) groups excluding carboxylic acids is 4. The van der Waals surface area contributed by atoms with Crippen molar-refractivity contribution < 1.29 is 24.1 Å². The Morgan fingerprint density at radius 1 is 0.973 bits per heavy atom. The summed E-state index contributed by atoms with van der Waals surface area (Å²) in [7, 11) is 0. The van der Waals surface area contributed by atoms with Crippen LogP contribution in [0, 0.1) is 16.0 Å². The predicted octanol–water partition coefficient (Wildman–Crippen LogP) is 1.47. The Hall–Kier alpha value is -4.54. The van der Waals surface area contributed by atoms with Crippen LogP contribution in [0.25, 0.3) is 6.08 Å². The van der Waals surface area contributed by atoms with Gasteiger partial charge in [0.25, 0.3) is 5.69 Å². The number of nitro groups is 1. The molecule has 0 aromatic heterocycles. The Labute approximate surface area is 214 Å². The lowest BCUT2D eigenvalue weighted by molar-refractivity contribution is -0.384. The van der Waals surface area contributed by atoms with Crippen molar-refractivity contribution in [3.05, 3.63) is 81.9 Å². The molecule has 11 nitrogen and oxygen atoms in total. The number of nitrogens with two attached hydrogens (primary N) is 1. The van der Waals surface area contributed by atoms with Gasteiger partial charge in [0.1, 0.15) is 12.1 Å². The number of amides is 4. The maximum absolute atomic E-state index is 12.9. The van der Waals surface area contributed by atoms with Crippen LogP contribution in [-0.4, -0.2) is 47.2 Å². The van der Waals surface area contributed by atoms with Crippen LogP contribution in [-0.2, 0) is 25.6 Å². The number of rotatable bonds is 13. The molecule has 4 amide bonds. The van der Waals surface area contributed by atoms with Gasteiger partial charge in [-0.3, -0.25) is 29.3 Å². The molecule has 0 heterocycles. The lowest BCUT2D eigenvalue weighted by Crippen LogP contribution is -2.52. The van der Waals surface area contributed by atoms with Gasteiger partial charge in [0.05, 0.1) is 11.5 Å². The molecular weight excluding hydrogens is 478 g/mol.